The first-order valence-electron chi connectivity index (χ1n) is 7.45. The van der Waals surface area contributed by atoms with Crippen LogP contribution in [-0.4, -0.2) is 21.8 Å². The van der Waals surface area contributed by atoms with Gasteiger partial charge in [-0.1, -0.05) is 13.8 Å². The number of esters is 1. The van der Waals surface area contributed by atoms with Crippen LogP contribution in [0, 0.1) is 10.1 Å². The minimum Gasteiger partial charge on any atom is -0.461 e. The molecule has 0 atom stereocenters. The fourth-order valence-electron chi connectivity index (χ4n) is 1.96. The van der Waals surface area contributed by atoms with Gasteiger partial charge in [-0.2, -0.15) is 0 Å². The molecule has 8 nitrogen and oxygen atoms in total. The molecule has 0 radical (unpaired) electrons. The van der Waals surface area contributed by atoms with Crippen molar-refractivity contribution >= 4 is 34.0 Å². The van der Waals surface area contributed by atoms with Gasteiger partial charge in [-0.15, -0.1) is 11.3 Å². The third-order valence-electron chi connectivity index (χ3n) is 3.29. The minimum absolute atomic E-state index is 0.125. The van der Waals surface area contributed by atoms with Gasteiger partial charge in [-0.3, -0.25) is 25.0 Å². The van der Waals surface area contributed by atoms with Gasteiger partial charge in [-0.25, -0.2) is 4.98 Å². The SMILES string of the molecule is CC(=O)OCc1ccc(C(=O)Nc2ncc(C(C)C)s2)cc1[N+](=O)[O-]. The van der Waals surface area contributed by atoms with E-state index in [2.05, 4.69) is 10.3 Å². The van der Waals surface area contributed by atoms with E-state index in [9.17, 15) is 19.7 Å². The average Bonchev–Trinajstić information content (AvgIpc) is 3.01. The second kappa shape index (κ2) is 7.84. The van der Waals surface area contributed by atoms with E-state index in [0.29, 0.717) is 11.0 Å². The molecule has 0 aliphatic heterocycles. The van der Waals surface area contributed by atoms with Gasteiger partial charge in [0, 0.05) is 29.6 Å². The summed E-state index contributed by atoms with van der Waals surface area (Å²) < 4.78 is 4.79. The molecule has 1 heterocycles. The molecule has 25 heavy (non-hydrogen) atoms. The molecule has 132 valence electrons. The zero-order chi connectivity index (χ0) is 18.6. The largest absolute Gasteiger partial charge is 0.461 e. The van der Waals surface area contributed by atoms with Crippen LogP contribution in [0.1, 0.15) is 47.5 Å². The summed E-state index contributed by atoms with van der Waals surface area (Å²) in [6.45, 7) is 5.03. The molecule has 0 saturated carbocycles. The standard InChI is InChI=1S/C16H17N3O5S/c1-9(2)14-7-17-16(25-14)18-15(21)11-4-5-12(8-24-10(3)20)13(6-11)19(22)23/h4-7,9H,8H2,1-3H3,(H,17,18,21). The fourth-order valence-corrected chi connectivity index (χ4v) is 2.77. The van der Waals surface area contributed by atoms with Crippen molar-refractivity contribution in [2.24, 2.45) is 0 Å². The van der Waals surface area contributed by atoms with E-state index in [-0.39, 0.29) is 23.4 Å². The highest BCUT2D eigenvalue weighted by atomic mass is 32.1. The Morgan fingerprint density at radius 1 is 1.40 bits per heavy atom. The number of nitrogens with one attached hydrogen (secondary N) is 1. The van der Waals surface area contributed by atoms with Crippen molar-refractivity contribution in [1.82, 2.24) is 4.98 Å². The molecular weight excluding hydrogens is 346 g/mol. The number of nitro groups is 1. The zero-order valence-electron chi connectivity index (χ0n) is 13.9. The zero-order valence-corrected chi connectivity index (χ0v) is 14.8. The Balaban J connectivity index is 2.19. The number of ether oxygens (including phenoxy) is 1. The third-order valence-corrected chi connectivity index (χ3v) is 4.50. The molecule has 0 saturated heterocycles. The summed E-state index contributed by atoms with van der Waals surface area (Å²) in [4.78, 5) is 38.9. The molecule has 0 aliphatic carbocycles. The van der Waals surface area contributed by atoms with Gasteiger partial charge in [0.25, 0.3) is 11.6 Å². The number of anilines is 1. The number of nitrogens with zero attached hydrogens (tertiary/aromatic N) is 2. The van der Waals surface area contributed by atoms with Crippen molar-refractivity contribution in [3.8, 4) is 0 Å². The Hall–Kier alpha value is -2.81. The first-order valence-corrected chi connectivity index (χ1v) is 8.27. The Bertz CT molecular complexity index is 816. The molecule has 1 N–H and O–H groups in total. The molecule has 1 aromatic heterocycles. The maximum absolute atomic E-state index is 12.3. The van der Waals surface area contributed by atoms with Gasteiger partial charge in [0.05, 0.1) is 10.5 Å². The van der Waals surface area contributed by atoms with Gasteiger partial charge in [0.2, 0.25) is 0 Å². The molecule has 2 rings (SSSR count). The predicted octanol–water partition coefficient (Wildman–Crippen LogP) is 3.49. The summed E-state index contributed by atoms with van der Waals surface area (Å²) in [6.07, 6.45) is 1.69. The molecule has 9 heteroatoms. The number of carbonyl (C=O) groups is 2. The molecule has 0 unspecified atom stereocenters. The van der Waals surface area contributed by atoms with Crippen molar-refractivity contribution in [1.29, 1.82) is 0 Å². The van der Waals surface area contributed by atoms with Crippen LogP contribution >= 0.6 is 11.3 Å². The Morgan fingerprint density at radius 3 is 2.68 bits per heavy atom. The summed E-state index contributed by atoms with van der Waals surface area (Å²) >= 11 is 1.35. The summed E-state index contributed by atoms with van der Waals surface area (Å²) in [6, 6.07) is 4.00. The predicted molar refractivity (Wildman–Crippen MR) is 92.7 cm³/mol. The number of nitro benzene ring substituents is 1. The molecule has 1 aromatic carbocycles. The molecule has 0 spiro atoms. The van der Waals surface area contributed by atoms with Crippen LogP contribution < -0.4 is 5.32 Å². The van der Waals surface area contributed by atoms with E-state index in [4.69, 9.17) is 4.74 Å². The van der Waals surface area contributed by atoms with Crippen molar-refractivity contribution in [3.05, 3.63) is 50.5 Å². The normalized spacial score (nSPS) is 10.6. The van der Waals surface area contributed by atoms with Gasteiger partial charge in [0.15, 0.2) is 5.13 Å². The number of rotatable bonds is 6. The first-order chi connectivity index (χ1) is 11.8. The van der Waals surface area contributed by atoms with Crippen molar-refractivity contribution in [2.45, 2.75) is 33.3 Å². The highest BCUT2D eigenvalue weighted by Crippen LogP contribution is 2.26. The van der Waals surface area contributed by atoms with Crippen LogP contribution in [0.5, 0.6) is 0 Å². The van der Waals surface area contributed by atoms with E-state index in [1.165, 1.54) is 30.4 Å². The van der Waals surface area contributed by atoms with Crippen LogP contribution in [0.4, 0.5) is 10.8 Å². The number of carbonyl (C=O) groups excluding carboxylic acids is 2. The number of hydrogen-bond acceptors (Lipinski definition) is 7. The van der Waals surface area contributed by atoms with Gasteiger partial charge in [0.1, 0.15) is 6.61 Å². The van der Waals surface area contributed by atoms with Crippen LogP contribution in [0.3, 0.4) is 0 Å². The highest BCUT2D eigenvalue weighted by molar-refractivity contribution is 7.15. The first kappa shape index (κ1) is 18.5. The fraction of sp³-hybridized carbons (Fsp3) is 0.312. The topological polar surface area (TPSA) is 111 Å². The molecule has 0 fully saturated rings. The summed E-state index contributed by atoms with van der Waals surface area (Å²) in [5.41, 5.74) is 0.0589. The molecule has 1 amide bonds. The lowest BCUT2D eigenvalue weighted by molar-refractivity contribution is -0.385. The number of aromatic nitrogens is 1. The third kappa shape index (κ3) is 4.83. The molecule has 2 aromatic rings. The molecule has 0 bridgehead atoms. The van der Waals surface area contributed by atoms with Gasteiger partial charge >= 0.3 is 5.97 Å². The number of thiazole rings is 1. The van der Waals surface area contributed by atoms with E-state index in [1.807, 2.05) is 13.8 Å². The maximum atomic E-state index is 12.3. The monoisotopic (exact) mass is 363 g/mol. The lowest BCUT2D eigenvalue weighted by Crippen LogP contribution is -2.12. The van der Waals surface area contributed by atoms with E-state index >= 15 is 0 Å². The lowest BCUT2D eigenvalue weighted by atomic mass is 10.1. The van der Waals surface area contributed by atoms with Crippen LogP contribution in [0.15, 0.2) is 24.4 Å². The van der Waals surface area contributed by atoms with E-state index < -0.39 is 16.8 Å². The quantitative estimate of drug-likeness (QED) is 0.478. The summed E-state index contributed by atoms with van der Waals surface area (Å²) in [5.74, 6) is -0.738. The molecular formula is C16H17N3O5S. The number of hydrogen-bond donors (Lipinski definition) is 1. The van der Waals surface area contributed by atoms with Crippen LogP contribution in [-0.2, 0) is 16.1 Å². The van der Waals surface area contributed by atoms with Crippen molar-refractivity contribution < 1.29 is 19.2 Å². The van der Waals surface area contributed by atoms with Gasteiger partial charge in [-0.05, 0) is 18.1 Å². The number of benzene rings is 1. The lowest BCUT2D eigenvalue weighted by Gasteiger charge is -2.06. The molecule has 0 aliphatic rings. The van der Waals surface area contributed by atoms with E-state index in [1.54, 1.807) is 6.20 Å². The second-order valence-electron chi connectivity index (χ2n) is 5.56. The smallest absolute Gasteiger partial charge is 0.302 e. The van der Waals surface area contributed by atoms with Crippen LogP contribution in [0.2, 0.25) is 0 Å². The Labute approximate surface area is 148 Å². The Morgan fingerprint density at radius 2 is 2.12 bits per heavy atom. The maximum Gasteiger partial charge on any atom is 0.302 e. The van der Waals surface area contributed by atoms with E-state index in [0.717, 1.165) is 10.9 Å². The minimum atomic E-state index is -0.615. The van der Waals surface area contributed by atoms with Crippen molar-refractivity contribution in [2.75, 3.05) is 5.32 Å². The van der Waals surface area contributed by atoms with Gasteiger partial charge < -0.3 is 4.74 Å². The number of amides is 1. The highest BCUT2D eigenvalue weighted by Gasteiger charge is 2.19. The van der Waals surface area contributed by atoms with Crippen molar-refractivity contribution in [3.63, 3.8) is 0 Å². The second-order valence-corrected chi connectivity index (χ2v) is 6.62. The average molecular weight is 363 g/mol. The summed E-state index contributed by atoms with van der Waals surface area (Å²) in [5, 5.41) is 14.3. The van der Waals surface area contributed by atoms with Crippen LogP contribution in [0.25, 0.3) is 0 Å². The Kier molecular flexibility index (Phi) is 5.81. The summed E-state index contributed by atoms with van der Waals surface area (Å²) in [7, 11) is 0.